The molecule has 1 aromatic rings. The quantitative estimate of drug-likeness (QED) is 0.0291. The molecule has 1 saturated heterocycles. The zero-order valence-electron chi connectivity index (χ0n) is 36.7. The monoisotopic (exact) mass is 865 g/mol. The lowest BCUT2D eigenvalue weighted by molar-refractivity contribution is -0.384. The van der Waals surface area contributed by atoms with Gasteiger partial charge in [-0.2, -0.15) is 0 Å². The summed E-state index contributed by atoms with van der Waals surface area (Å²) in [4.78, 5) is 119. The average molecular weight is 866 g/mol. The van der Waals surface area contributed by atoms with Crippen molar-refractivity contribution in [2.24, 2.45) is 34.8 Å². The summed E-state index contributed by atoms with van der Waals surface area (Å²) in [6, 6.07) is -0.619. The first-order valence-corrected chi connectivity index (χ1v) is 21.3. The minimum Gasteiger partial charge on any atom is -0.478 e. The Morgan fingerprint density at radius 2 is 1.69 bits per heavy atom. The van der Waals surface area contributed by atoms with Crippen LogP contribution in [-0.2, 0) is 33.5 Å². The van der Waals surface area contributed by atoms with Crippen molar-refractivity contribution in [3.05, 3.63) is 63.7 Å². The second kappa shape index (κ2) is 22.9. The number of amides is 4. The lowest BCUT2D eigenvalue weighted by Crippen LogP contribution is -2.59. The largest absolute Gasteiger partial charge is 0.478 e. The number of carbonyl (C=O) groups is 8. The number of nitrogens with one attached hydrogen (secondary N) is 2. The molecule has 0 bridgehead atoms. The number of likely N-dealkylation sites (tertiary alicyclic amines) is 1. The number of carboxylic acid groups (broad SMARTS) is 1. The number of hydrogen-bond acceptors (Lipinski definition) is 11. The van der Waals surface area contributed by atoms with Gasteiger partial charge in [-0.15, -0.1) is 0 Å². The van der Waals surface area contributed by atoms with Crippen LogP contribution < -0.4 is 16.4 Å². The maximum Gasteiger partial charge on any atom is 0.336 e. The van der Waals surface area contributed by atoms with Crippen LogP contribution in [0.1, 0.15) is 133 Å². The van der Waals surface area contributed by atoms with Gasteiger partial charge >= 0.3 is 11.9 Å². The number of ketones is 2. The van der Waals surface area contributed by atoms with E-state index in [4.69, 9.17) is 10.5 Å². The van der Waals surface area contributed by atoms with Crippen molar-refractivity contribution in [3.8, 4) is 0 Å². The van der Waals surface area contributed by atoms with Crippen LogP contribution in [-0.4, -0.2) is 93.3 Å². The zero-order chi connectivity index (χ0) is 46.5. The molecule has 4 amide bonds. The highest BCUT2D eigenvalue weighted by atomic mass is 16.6. The van der Waals surface area contributed by atoms with Gasteiger partial charge in [-0.25, -0.2) is 9.59 Å². The summed E-state index contributed by atoms with van der Waals surface area (Å²) in [5.74, 6) is -7.83. The van der Waals surface area contributed by atoms with E-state index in [9.17, 15) is 53.6 Å². The van der Waals surface area contributed by atoms with E-state index in [0.29, 0.717) is 5.57 Å². The van der Waals surface area contributed by atoms with Gasteiger partial charge in [0.25, 0.3) is 5.69 Å². The van der Waals surface area contributed by atoms with Crippen LogP contribution in [0.15, 0.2) is 42.5 Å². The number of benzene rings is 1. The van der Waals surface area contributed by atoms with Gasteiger partial charge in [-0.3, -0.25) is 38.9 Å². The highest BCUT2D eigenvalue weighted by Gasteiger charge is 2.44. The minimum atomic E-state index is -1.51. The Morgan fingerprint density at radius 3 is 2.26 bits per heavy atom. The fourth-order valence-electron chi connectivity index (χ4n) is 8.13. The molecule has 2 fully saturated rings. The van der Waals surface area contributed by atoms with Gasteiger partial charge in [0, 0.05) is 55.0 Å². The first kappa shape index (κ1) is 50.6. The molecule has 1 aliphatic heterocycles. The van der Waals surface area contributed by atoms with Crippen molar-refractivity contribution in [1.29, 1.82) is 0 Å². The Kier molecular flexibility index (Phi) is 18.7. The maximum absolute atomic E-state index is 14.6. The van der Waals surface area contributed by atoms with Gasteiger partial charge in [0.05, 0.1) is 23.1 Å². The summed E-state index contributed by atoms with van der Waals surface area (Å²) in [7, 11) is 0. The molecule has 1 aromatic carbocycles. The average Bonchev–Trinajstić information content (AvgIpc) is 3.60. The SMILES string of the molecule is C=C1C[C@@H](C(=O)N[C@@H](CC(C)C)C(=O)C[C@H](C(N)=O)C2CCCCC2)N(C(=O)[C@@H](NC(=O)[C@H](CC/C=C/C(=O)OCC)CC(=O)c2cc([N+](=O)[O-])ccc2C(=O)O)C(C)(C)C)C1. The van der Waals surface area contributed by atoms with E-state index >= 15 is 0 Å². The summed E-state index contributed by atoms with van der Waals surface area (Å²) < 4.78 is 4.90. The second-order valence-electron chi connectivity index (χ2n) is 17.9. The third-order valence-corrected chi connectivity index (χ3v) is 11.4. The molecule has 0 unspecified atom stereocenters. The van der Waals surface area contributed by atoms with Crippen LogP contribution in [0.4, 0.5) is 5.69 Å². The molecule has 0 spiro atoms. The maximum atomic E-state index is 14.6. The van der Waals surface area contributed by atoms with Crippen LogP contribution >= 0.6 is 0 Å². The van der Waals surface area contributed by atoms with Gasteiger partial charge in [-0.1, -0.05) is 72.1 Å². The van der Waals surface area contributed by atoms with Gasteiger partial charge in [0.15, 0.2) is 11.6 Å². The van der Waals surface area contributed by atoms with Crippen LogP contribution in [0.3, 0.4) is 0 Å². The summed E-state index contributed by atoms with van der Waals surface area (Å²) >= 11 is 0. The van der Waals surface area contributed by atoms with Crippen molar-refractivity contribution >= 4 is 52.8 Å². The second-order valence-corrected chi connectivity index (χ2v) is 17.9. The number of nitro benzene ring substituents is 1. The molecule has 1 saturated carbocycles. The molecule has 62 heavy (non-hydrogen) atoms. The van der Waals surface area contributed by atoms with E-state index < -0.39 is 105 Å². The summed E-state index contributed by atoms with van der Waals surface area (Å²) in [5, 5.41) is 26.9. The van der Waals surface area contributed by atoms with Crippen molar-refractivity contribution < 1.29 is 53.1 Å². The van der Waals surface area contributed by atoms with E-state index in [1.165, 1.54) is 11.0 Å². The van der Waals surface area contributed by atoms with Gasteiger partial charge in [0.1, 0.15) is 12.1 Å². The van der Waals surface area contributed by atoms with E-state index in [-0.39, 0.29) is 62.9 Å². The Bertz CT molecular complexity index is 1910. The smallest absolute Gasteiger partial charge is 0.336 e. The Hall–Kier alpha value is -5.74. The van der Waals surface area contributed by atoms with Crippen molar-refractivity contribution in [2.75, 3.05) is 13.2 Å². The fraction of sp³-hybridized carbons (Fsp3) is 0.600. The number of esters is 1. The van der Waals surface area contributed by atoms with E-state index in [0.717, 1.165) is 56.4 Å². The number of rotatable bonds is 22. The molecule has 1 heterocycles. The summed E-state index contributed by atoms with van der Waals surface area (Å²) in [6.07, 6.45) is 6.77. The van der Waals surface area contributed by atoms with Gasteiger partial charge < -0.3 is 31.1 Å². The van der Waals surface area contributed by atoms with Crippen LogP contribution in [0.5, 0.6) is 0 Å². The molecule has 0 radical (unpaired) electrons. The van der Waals surface area contributed by atoms with Crippen LogP contribution in [0, 0.1) is 39.2 Å². The number of hydrogen-bond donors (Lipinski definition) is 4. The molecule has 3 rings (SSSR count). The Balaban J connectivity index is 1.91. The third kappa shape index (κ3) is 14.4. The molecule has 17 heteroatoms. The number of primary amides is 1. The Labute approximate surface area is 362 Å². The molecule has 0 aromatic heterocycles. The molecular formula is C45H63N5O12. The lowest BCUT2D eigenvalue weighted by atomic mass is 9.76. The van der Waals surface area contributed by atoms with Gasteiger partial charge in [-0.05, 0) is 68.8 Å². The highest BCUT2D eigenvalue weighted by Crippen LogP contribution is 2.33. The number of nitrogens with zero attached hydrogens (tertiary/aromatic N) is 2. The number of ether oxygens (including phenoxy) is 1. The zero-order valence-corrected chi connectivity index (χ0v) is 36.7. The standard InChI is InChI=1S/C45H63N5O12/c1-8-62-38(53)17-13-12-16-29(22-36(51)33-23-30(50(60)61)18-19-31(33)44(58)59)41(55)48-39(45(5,6)7)43(57)49-25-27(4)21-35(49)42(56)47-34(20-26(2)3)37(52)24-32(40(46)54)28-14-10-9-11-15-28/h13,17-19,23,26,28-29,32,34-35,39H,4,8-12,14-16,20-22,24-25H2,1-3,5-7H3,(H2,46,54)(H,47,56)(H,48,55)(H,58,59)/b17-13+/t29-,32+,34+,35+,39-/m1/s1. The number of aromatic carboxylic acids is 1. The first-order chi connectivity index (χ1) is 29.0. The number of carbonyl (C=O) groups excluding carboxylic acids is 7. The Morgan fingerprint density at radius 1 is 1.03 bits per heavy atom. The number of allylic oxidation sites excluding steroid dienone is 1. The number of non-ortho nitro benzene ring substituents is 1. The molecular weight excluding hydrogens is 803 g/mol. The summed E-state index contributed by atoms with van der Waals surface area (Å²) in [5.41, 5.74) is 3.85. The number of Topliss-reactive ketones (excluding diaryl/α,β-unsaturated/α-hetero) is 2. The van der Waals surface area contributed by atoms with E-state index in [2.05, 4.69) is 17.2 Å². The molecule has 17 nitrogen and oxygen atoms in total. The number of nitrogens with two attached hydrogens (primary N) is 1. The number of carboxylic acids is 1. The molecule has 340 valence electrons. The first-order valence-electron chi connectivity index (χ1n) is 21.3. The van der Waals surface area contributed by atoms with Gasteiger partial charge in [0.2, 0.25) is 23.6 Å². The topological polar surface area (TPSA) is 262 Å². The van der Waals surface area contributed by atoms with E-state index in [1.54, 1.807) is 27.7 Å². The number of nitro groups is 1. The van der Waals surface area contributed by atoms with Crippen molar-refractivity contribution in [2.45, 2.75) is 130 Å². The third-order valence-electron chi connectivity index (χ3n) is 11.4. The molecule has 5 atom stereocenters. The predicted octanol–water partition coefficient (Wildman–Crippen LogP) is 5.24. The molecule has 5 N–H and O–H groups in total. The highest BCUT2D eigenvalue weighted by molar-refractivity contribution is 6.07. The van der Waals surface area contributed by atoms with Crippen LogP contribution in [0.25, 0.3) is 0 Å². The summed E-state index contributed by atoms with van der Waals surface area (Å²) in [6.45, 7) is 14.6. The minimum absolute atomic E-state index is 0.0165. The van der Waals surface area contributed by atoms with Crippen LogP contribution in [0.2, 0.25) is 0 Å². The van der Waals surface area contributed by atoms with Crippen molar-refractivity contribution in [1.82, 2.24) is 15.5 Å². The molecule has 1 aliphatic carbocycles. The fourth-order valence-corrected chi connectivity index (χ4v) is 8.13. The normalized spacial score (nSPS) is 17.8. The lowest BCUT2D eigenvalue weighted by Gasteiger charge is -2.36. The molecule has 2 aliphatic rings. The van der Waals surface area contributed by atoms with Crippen molar-refractivity contribution in [3.63, 3.8) is 0 Å². The van der Waals surface area contributed by atoms with E-state index in [1.807, 2.05) is 13.8 Å². The predicted molar refractivity (Wildman–Crippen MR) is 228 cm³/mol.